The van der Waals surface area contributed by atoms with Crippen molar-refractivity contribution in [1.82, 2.24) is 9.80 Å². The number of carbonyl (C=O) groups is 1. The maximum atomic E-state index is 10.7. The highest BCUT2D eigenvalue weighted by atomic mass is 35.5. The van der Waals surface area contributed by atoms with Crippen molar-refractivity contribution in [3.05, 3.63) is 34.9 Å². The lowest BCUT2D eigenvalue weighted by Gasteiger charge is -2.34. The number of piperazine rings is 1. The first-order valence-corrected chi connectivity index (χ1v) is 9.92. The predicted molar refractivity (Wildman–Crippen MR) is 113 cm³/mol. The fourth-order valence-electron chi connectivity index (χ4n) is 2.23. The lowest BCUT2D eigenvalue weighted by Crippen LogP contribution is -2.47. The molecular formula is C21H39ClN2O. The number of halogens is 1. The molecule has 1 aromatic carbocycles. The normalized spacial score (nSPS) is 14.3. The summed E-state index contributed by atoms with van der Waals surface area (Å²) in [6.07, 6.45) is 0.497. The quantitative estimate of drug-likeness (QED) is 0.733. The van der Waals surface area contributed by atoms with Crippen LogP contribution >= 0.6 is 11.6 Å². The summed E-state index contributed by atoms with van der Waals surface area (Å²) in [6.45, 7) is 19.1. The van der Waals surface area contributed by atoms with Crippen molar-refractivity contribution in [2.45, 2.75) is 60.9 Å². The van der Waals surface area contributed by atoms with Gasteiger partial charge in [0.1, 0.15) is 5.78 Å². The number of benzene rings is 1. The van der Waals surface area contributed by atoms with Crippen molar-refractivity contribution >= 4 is 17.4 Å². The fraction of sp³-hybridized carbons (Fsp3) is 0.667. The second-order valence-corrected chi connectivity index (χ2v) is 6.37. The molecule has 3 nitrogen and oxygen atoms in total. The van der Waals surface area contributed by atoms with Gasteiger partial charge in [0, 0.05) is 43.7 Å². The van der Waals surface area contributed by atoms with Crippen molar-refractivity contribution < 1.29 is 4.79 Å². The van der Waals surface area contributed by atoms with Crippen molar-refractivity contribution in [3.63, 3.8) is 0 Å². The summed E-state index contributed by atoms with van der Waals surface area (Å²) in [6, 6.07) is 8.04. The molecule has 0 aromatic heterocycles. The van der Waals surface area contributed by atoms with Gasteiger partial charge < -0.3 is 4.90 Å². The predicted octanol–water partition coefficient (Wildman–Crippen LogP) is 5.17. The van der Waals surface area contributed by atoms with Crippen molar-refractivity contribution in [1.29, 1.82) is 0 Å². The first-order valence-electron chi connectivity index (χ1n) is 9.55. The molecule has 0 saturated carbocycles. The molecule has 0 unspecified atom stereocenters. The topological polar surface area (TPSA) is 23.6 Å². The van der Waals surface area contributed by atoms with E-state index >= 15 is 0 Å². The van der Waals surface area contributed by atoms with E-state index in [2.05, 4.69) is 30.7 Å². The molecular weight excluding hydrogens is 332 g/mol. The van der Waals surface area contributed by atoms with E-state index in [4.69, 9.17) is 11.6 Å². The van der Waals surface area contributed by atoms with Crippen LogP contribution < -0.4 is 0 Å². The average Bonchev–Trinajstić information content (AvgIpc) is 2.61. The summed E-state index contributed by atoms with van der Waals surface area (Å²) >= 11 is 5.66. The van der Waals surface area contributed by atoms with E-state index in [9.17, 15) is 4.79 Å². The van der Waals surface area contributed by atoms with Crippen molar-refractivity contribution in [3.8, 4) is 0 Å². The van der Waals surface area contributed by atoms with E-state index in [1.165, 1.54) is 26.2 Å². The Morgan fingerprint density at radius 1 is 1.00 bits per heavy atom. The number of hydrogen-bond acceptors (Lipinski definition) is 3. The smallest absolute Gasteiger partial charge is 0.134 e. The third-order valence-corrected chi connectivity index (χ3v) is 3.89. The van der Waals surface area contributed by atoms with Gasteiger partial charge in [-0.1, -0.05) is 51.4 Å². The molecule has 1 aliphatic rings. The minimum Gasteiger partial charge on any atom is -0.304 e. The summed E-state index contributed by atoms with van der Waals surface area (Å²) in [4.78, 5) is 15.6. The largest absolute Gasteiger partial charge is 0.304 e. The molecule has 0 amide bonds. The number of carbonyl (C=O) groups excluding carboxylic acids is 1. The van der Waals surface area contributed by atoms with Crippen LogP contribution in [0.4, 0.5) is 0 Å². The van der Waals surface area contributed by atoms with Gasteiger partial charge in [-0.05, 0) is 45.5 Å². The average molecular weight is 371 g/mol. The second kappa shape index (κ2) is 16.6. The van der Waals surface area contributed by atoms with Crippen molar-refractivity contribution in [2.75, 3.05) is 33.2 Å². The van der Waals surface area contributed by atoms with Gasteiger partial charge in [-0.15, -0.1) is 0 Å². The summed E-state index contributed by atoms with van der Waals surface area (Å²) in [5.74, 6) is 0.173. The molecule has 0 aliphatic carbocycles. The van der Waals surface area contributed by atoms with E-state index in [1.807, 2.05) is 39.8 Å². The molecule has 0 bridgehead atoms. The van der Waals surface area contributed by atoms with Crippen LogP contribution in [0.5, 0.6) is 0 Å². The fourth-order valence-corrected chi connectivity index (χ4v) is 2.35. The Hall–Kier alpha value is -0.900. The van der Waals surface area contributed by atoms with E-state index in [1.54, 1.807) is 19.1 Å². The maximum absolute atomic E-state index is 10.7. The molecule has 4 heteroatoms. The Balaban J connectivity index is 0. The number of Topliss-reactive ketones (excluding diaryl/α,β-unsaturated/α-hetero) is 1. The zero-order valence-corrected chi connectivity index (χ0v) is 18.4. The number of hydrogen-bond donors (Lipinski definition) is 0. The molecule has 0 atom stereocenters. The summed E-state index contributed by atoms with van der Waals surface area (Å²) in [5.41, 5.74) is 1.02. The molecule has 1 aromatic rings. The Bertz CT molecular complexity index is 424. The van der Waals surface area contributed by atoms with Crippen LogP contribution in [-0.2, 0) is 11.2 Å². The SMILES string of the molecule is CC.CC.CC(=O)Cc1ccc(Cl)cc1.CC(C)N1CCN(C)CC1. The Labute approximate surface area is 161 Å². The van der Waals surface area contributed by atoms with Gasteiger partial charge in [0.25, 0.3) is 0 Å². The van der Waals surface area contributed by atoms with Crippen molar-refractivity contribution in [2.24, 2.45) is 0 Å². The van der Waals surface area contributed by atoms with E-state index < -0.39 is 0 Å². The monoisotopic (exact) mass is 370 g/mol. The number of rotatable bonds is 3. The molecule has 1 heterocycles. The molecule has 0 N–H and O–H groups in total. The van der Waals surface area contributed by atoms with Gasteiger partial charge >= 0.3 is 0 Å². The molecule has 1 saturated heterocycles. The summed E-state index contributed by atoms with van der Waals surface area (Å²) < 4.78 is 0. The highest BCUT2D eigenvalue weighted by Gasteiger charge is 2.15. The van der Waals surface area contributed by atoms with E-state index in [0.717, 1.165) is 11.6 Å². The van der Waals surface area contributed by atoms with Gasteiger partial charge in [0.05, 0.1) is 0 Å². The number of nitrogens with zero attached hydrogens (tertiary/aromatic N) is 2. The zero-order chi connectivity index (χ0) is 19.8. The minimum absolute atomic E-state index is 0.173. The minimum atomic E-state index is 0.173. The zero-order valence-electron chi connectivity index (χ0n) is 17.6. The second-order valence-electron chi connectivity index (χ2n) is 5.94. The van der Waals surface area contributed by atoms with Gasteiger partial charge in [-0.2, -0.15) is 0 Å². The lowest BCUT2D eigenvalue weighted by atomic mass is 10.1. The summed E-state index contributed by atoms with van der Waals surface area (Å²) in [5, 5.41) is 0.706. The van der Waals surface area contributed by atoms with E-state index in [0.29, 0.717) is 11.4 Å². The Kier molecular flexibility index (Phi) is 17.4. The number of ketones is 1. The van der Waals surface area contributed by atoms with Crippen LogP contribution in [0.2, 0.25) is 5.02 Å². The van der Waals surface area contributed by atoms with Crippen LogP contribution in [0.15, 0.2) is 24.3 Å². The molecule has 1 aliphatic heterocycles. The van der Waals surface area contributed by atoms with Gasteiger partial charge in [0.2, 0.25) is 0 Å². The third kappa shape index (κ3) is 14.0. The molecule has 25 heavy (non-hydrogen) atoms. The van der Waals surface area contributed by atoms with Crippen LogP contribution in [-0.4, -0.2) is 54.9 Å². The first kappa shape index (κ1) is 26.3. The Morgan fingerprint density at radius 2 is 1.44 bits per heavy atom. The molecule has 2 rings (SSSR count). The highest BCUT2D eigenvalue weighted by Crippen LogP contribution is 2.09. The van der Waals surface area contributed by atoms with E-state index in [-0.39, 0.29) is 5.78 Å². The van der Waals surface area contributed by atoms with Gasteiger partial charge in [-0.25, -0.2) is 0 Å². The number of likely N-dealkylation sites (N-methyl/N-ethyl adjacent to an activating group) is 1. The maximum Gasteiger partial charge on any atom is 0.134 e. The van der Waals surface area contributed by atoms with Gasteiger partial charge in [-0.3, -0.25) is 9.69 Å². The van der Waals surface area contributed by atoms with Crippen LogP contribution in [0.1, 0.15) is 54.0 Å². The standard InChI is InChI=1S/C9H9ClO.C8H18N2.2C2H6/c1-7(11)6-8-2-4-9(10)5-3-8;1-8(2)10-6-4-9(3)5-7-10;2*1-2/h2-5H,6H2,1H3;8H,4-7H2,1-3H3;2*1-2H3. The molecule has 0 radical (unpaired) electrons. The summed E-state index contributed by atoms with van der Waals surface area (Å²) in [7, 11) is 2.19. The highest BCUT2D eigenvalue weighted by molar-refractivity contribution is 6.30. The third-order valence-electron chi connectivity index (χ3n) is 3.63. The Morgan fingerprint density at radius 3 is 1.80 bits per heavy atom. The molecule has 0 spiro atoms. The molecule has 1 fully saturated rings. The van der Waals surface area contributed by atoms with Crippen LogP contribution in [0.3, 0.4) is 0 Å². The lowest BCUT2D eigenvalue weighted by molar-refractivity contribution is -0.116. The van der Waals surface area contributed by atoms with Gasteiger partial charge in [0.15, 0.2) is 0 Å². The van der Waals surface area contributed by atoms with Crippen LogP contribution in [0.25, 0.3) is 0 Å². The molecule has 146 valence electrons. The first-order chi connectivity index (χ1) is 11.9. The van der Waals surface area contributed by atoms with Crippen LogP contribution in [0, 0.1) is 0 Å².